The fourth-order valence-corrected chi connectivity index (χ4v) is 3.91. The number of nitrogens with two attached hydrogens (primary N) is 1. The molecule has 1 heterocycles. The average molecular weight is 463 g/mol. The Labute approximate surface area is 187 Å². The highest BCUT2D eigenvalue weighted by molar-refractivity contribution is 7.98. The monoisotopic (exact) mass is 462 g/mol. The third kappa shape index (κ3) is 7.35. The molecule has 0 aromatic heterocycles. The first kappa shape index (κ1) is 26.6. The van der Waals surface area contributed by atoms with Crippen molar-refractivity contribution < 1.29 is 24.3 Å². The van der Waals surface area contributed by atoms with Crippen molar-refractivity contribution in [3.05, 3.63) is 0 Å². The fraction of sp³-hybridized carbons (Fsp3) is 0.789. The highest BCUT2D eigenvalue weighted by Crippen LogP contribution is 2.22. The molecule has 11 heteroatoms. The maximum atomic E-state index is 13.3. The minimum absolute atomic E-state index is 0.147. The molecule has 0 spiro atoms. The summed E-state index contributed by atoms with van der Waals surface area (Å²) >= 11 is 5.52. The van der Waals surface area contributed by atoms with Gasteiger partial charge in [-0.15, -0.1) is 0 Å². The first-order chi connectivity index (χ1) is 14.2. The summed E-state index contributed by atoms with van der Waals surface area (Å²) in [7, 11) is 0. The second kappa shape index (κ2) is 13.1. The van der Waals surface area contributed by atoms with Gasteiger partial charge in [0.1, 0.15) is 18.1 Å². The number of carbonyl (C=O) groups is 4. The number of carboxylic acids is 1. The molecule has 0 aliphatic carbocycles. The van der Waals surface area contributed by atoms with E-state index < -0.39 is 42.0 Å². The Hall–Kier alpha value is -1.46. The van der Waals surface area contributed by atoms with Gasteiger partial charge >= 0.3 is 5.97 Å². The van der Waals surface area contributed by atoms with Crippen LogP contribution in [0.25, 0.3) is 0 Å². The molecular weight excluding hydrogens is 428 g/mol. The van der Waals surface area contributed by atoms with E-state index in [1.165, 1.54) is 16.7 Å². The van der Waals surface area contributed by atoms with E-state index in [0.717, 1.165) is 0 Å². The van der Waals surface area contributed by atoms with E-state index in [4.69, 9.17) is 5.73 Å². The van der Waals surface area contributed by atoms with E-state index in [9.17, 15) is 24.3 Å². The number of rotatable bonds is 12. The lowest BCUT2D eigenvalue weighted by molar-refractivity contribution is -0.145. The van der Waals surface area contributed by atoms with Crippen LogP contribution in [-0.4, -0.2) is 82.2 Å². The summed E-state index contributed by atoms with van der Waals surface area (Å²) < 4.78 is 0. The van der Waals surface area contributed by atoms with E-state index in [2.05, 4.69) is 23.3 Å². The van der Waals surface area contributed by atoms with Crippen molar-refractivity contribution in [3.8, 4) is 0 Å². The van der Waals surface area contributed by atoms with Gasteiger partial charge in [0.25, 0.3) is 0 Å². The van der Waals surface area contributed by atoms with Gasteiger partial charge in [0, 0.05) is 12.3 Å². The summed E-state index contributed by atoms with van der Waals surface area (Å²) in [6.07, 6.45) is 3.89. The molecule has 9 nitrogen and oxygen atoms in total. The zero-order valence-corrected chi connectivity index (χ0v) is 19.5. The zero-order valence-electron chi connectivity index (χ0n) is 17.8. The second-order valence-corrected chi connectivity index (χ2v) is 8.88. The fourth-order valence-electron chi connectivity index (χ4n) is 3.27. The maximum absolute atomic E-state index is 13.3. The SMILES string of the molecule is CCC(C)C(NC(=O)C(N)CS)C(=O)N1CCCC1C(=O)NC(CCSC)C(=O)O. The summed E-state index contributed by atoms with van der Waals surface area (Å²) in [4.78, 5) is 51.2. The molecule has 1 fully saturated rings. The predicted octanol–water partition coefficient (Wildman–Crippen LogP) is 0.0879. The Morgan fingerprint density at radius 1 is 1.30 bits per heavy atom. The van der Waals surface area contributed by atoms with Gasteiger partial charge in [0.15, 0.2) is 0 Å². The van der Waals surface area contributed by atoms with Crippen molar-refractivity contribution >= 4 is 48.1 Å². The molecule has 5 unspecified atom stereocenters. The number of nitrogens with zero attached hydrogens (tertiary/aromatic N) is 1. The van der Waals surface area contributed by atoms with Crippen molar-refractivity contribution in [3.63, 3.8) is 0 Å². The van der Waals surface area contributed by atoms with Crippen LogP contribution in [0.3, 0.4) is 0 Å². The van der Waals surface area contributed by atoms with Gasteiger partial charge in [-0.05, 0) is 37.2 Å². The van der Waals surface area contributed by atoms with Crippen molar-refractivity contribution in [2.45, 2.75) is 63.7 Å². The van der Waals surface area contributed by atoms with Gasteiger partial charge in [-0.3, -0.25) is 14.4 Å². The molecule has 172 valence electrons. The molecule has 5 N–H and O–H groups in total. The largest absolute Gasteiger partial charge is 0.480 e. The Morgan fingerprint density at radius 3 is 2.50 bits per heavy atom. The first-order valence-electron chi connectivity index (χ1n) is 10.2. The van der Waals surface area contributed by atoms with Gasteiger partial charge < -0.3 is 26.4 Å². The second-order valence-electron chi connectivity index (χ2n) is 7.53. The van der Waals surface area contributed by atoms with Gasteiger partial charge in [-0.1, -0.05) is 20.3 Å². The molecule has 0 aromatic carbocycles. The standard InChI is InChI=1S/C19H34N4O5S2/c1-4-11(2)15(22-16(24)12(20)10-29)18(26)23-8-5-6-14(23)17(25)21-13(19(27)28)7-9-30-3/h11-15,29H,4-10,20H2,1-3H3,(H,21,25)(H,22,24)(H,27,28). The smallest absolute Gasteiger partial charge is 0.326 e. The lowest BCUT2D eigenvalue weighted by Crippen LogP contribution is -2.58. The maximum Gasteiger partial charge on any atom is 0.326 e. The van der Waals surface area contributed by atoms with Gasteiger partial charge in [-0.25, -0.2) is 4.79 Å². The lowest BCUT2D eigenvalue weighted by Gasteiger charge is -2.32. The Balaban J connectivity index is 2.94. The van der Waals surface area contributed by atoms with E-state index in [-0.39, 0.29) is 17.6 Å². The topological polar surface area (TPSA) is 142 Å². The summed E-state index contributed by atoms with van der Waals surface area (Å²) in [5, 5.41) is 14.6. The molecule has 0 radical (unpaired) electrons. The number of thiol groups is 1. The molecule has 1 aliphatic rings. The third-order valence-electron chi connectivity index (χ3n) is 5.37. The number of hydrogen-bond donors (Lipinski definition) is 5. The minimum Gasteiger partial charge on any atom is -0.480 e. The van der Waals surface area contributed by atoms with Gasteiger partial charge in [0.2, 0.25) is 17.7 Å². The number of thioether (sulfide) groups is 1. The van der Waals surface area contributed by atoms with E-state index >= 15 is 0 Å². The van der Waals surface area contributed by atoms with Crippen LogP contribution in [0, 0.1) is 5.92 Å². The van der Waals surface area contributed by atoms with Crippen molar-refractivity contribution in [1.29, 1.82) is 0 Å². The number of carbonyl (C=O) groups excluding carboxylic acids is 3. The van der Waals surface area contributed by atoms with Gasteiger partial charge in [-0.2, -0.15) is 24.4 Å². The Bertz CT molecular complexity index is 622. The molecule has 1 aliphatic heterocycles. The van der Waals surface area contributed by atoms with Crippen molar-refractivity contribution in [2.75, 3.05) is 24.3 Å². The van der Waals surface area contributed by atoms with Crippen molar-refractivity contribution in [1.82, 2.24) is 15.5 Å². The predicted molar refractivity (Wildman–Crippen MR) is 121 cm³/mol. The molecule has 30 heavy (non-hydrogen) atoms. The Kier molecular flexibility index (Phi) is 11.6. The summed E-state index contributed by atoms with van der Waals surface area (Å²) in [6.45, 7) is 4.14. The first-order valence-corrected chi connectivity index (χ1v) is 12.2. The molecule has 0 bridgehead atoms. The quantitative estimate of drug-likeness (QED) is 0.259. The van der Waals surface area contributed by atoms with E-state index in [0.29, 0.717) is 38.0 Å². The van der Waals surface area contributed by atoms with Crippen LogP contribution in [0.4, 0.5) is 0 Å². The van der Waals surface area contributed by atoms with Crippen LogP contribution < -0.4 is 16.4 Å². The number of nitrogens with one attached hydrogen (secondary N) is 2. The molecule has 3 amide bonds. The Morgan fingerprint density at radius 2 is 1.97 bits per heavy atom. The zero-order chi connectivity index (χ0) is 22.8. The van der Waals surface area contributed by atoms with E-state index in [1.807, 2.05) is 20.1 Å². The van der Waals surface area contributed by atoms with Crippen LogP contribution in [0.5, 0.6) is 0 Å². The lowest BCUT2D eigenvalue weighted by atomic mass is 9.97. The highest BCUT2D eigenvalue weighted by atomic mass is 32.2. The number of likely N-dealkylation sites (tertiary alicyclic amines) is 1. The molecule has 5 atom stereocenters. The third-order valence-corrected chi connectivity index (χ3v) is 6.41. The number of amides is 3. The number of aliphatic carboxylic acids is 1. The van der Waals surface area contributed by atoms with Crippen LogP contribution in [0.2, 0.25) is 0 Å². The van der Waals surface area contributed by atoms with Crippen LogP contribution >= 0.6 is 24.4 Å². The molecule has 1 rings (SSSR count). The van der Waals surface area contributed by atoms with Crippen molar-refractivity contribution in [2.24, 2.45) is 11.7 Å². The normalized spacial score (nSPS) is 20.2. The summed E-state index contributed by atoms with van der Waals surface area (Å²) in [5.74, 6) is -1.81. The van der Waals surface area contributed by atoms with Crippen LogP contribution in [-0.2, 0) is 19.2 Å². The summed E-state index contributed by atoms with van der Waals surface area (Å²) in [6, 6.07) is -3.40. The van der Waals surface area contributed by atoms with Crippen LogP contribution in [0.1, 0.15) is 39.5 Å². The average Bonchev–Trinajstić information content (AvgIpc) is 3.22. The van der Waals surface area contributed by atoms with Gasteiger partial charge in [0.05, 0.1) is 6.04 Å². The summed E-state index contributed by atoms with van der Waals surface area (Å²) in [5.41, 5.74) is 5.72. The number of hydrogen-bond acceptors (Lipinski definition) is 7. The molecule has 0 saturated carbocycles. The molecule has 0 aromatic rings. The van der Waals surface area contributed by atoms with Crippen LogP contribution in [0.15, 0.2) is 0 Å². The highest BCUT2D eigenvalue weighted by Gasteiger charge is 2.40. The van der Waals surface area contributed by atoms with E-state index in [1.54, 1.807) is 0 Å². The number of carboxylic acid groups (broad SMARTS) is 1. The minimum atomic E-state index is -1.10. The molecule has 1 saturated heterocycles. The molecular formula is C19H34N4O5S2.